The SMILES string of the molecule is COc1ccc2[nH]cc(CCNC(=O)Cc3c(C)c4cc5c(C(C)(C)C)coc5cc4oc3=O)c2c1. The minimum absolute atomic E-state index is 0.0403. The number of hydrogen-bond donors (Lipinski definition) is 2. The van der Waals surface area contributed by atoms with Gasteiger partial charge in [-0.15, -0.1) is 0 Å². The Labute approximate surface area is 208 Å². The number of amides is 1. The molecule has 2 N–H and O–H groups in total. The molecule has 0 aliphatic heterocycles. The van der Waals surface area contributed by atoms with Crippen LogP contribution in [0.4, 0.5) is 0 Å². The average molecular weight is 487 g/mol. The van der Waals surface area contributed by atoms with Gasteiger partial charge >= 0.3 is 5.63 Å². The third kappa shape index (κ3) is 4.26. The lowest BCUT2D eigenvalue weighted by molar-refractivity contribution is -0.120. The molecule has 0 bridgehead atoms. The van der Waals surface area contributed by atoms with Crippen molar-refractivity contribution in [3.63, 3.8) is 0 Å². The van der Waals surface area contributed by atoms with Crippen LogP contribution in [0.5, 0.6) is 5.75 Å². The Bertz CT molecular complexity index is 1660. The number of ether oxygens (including phenoxy) is 1. The van der Waals surface area contributed by atoms with Gasteiger partial charge in [0.2, 0.25) is 5.91 Å². The molecule has 5 aromatic rings. The molecule has 5 rings (SSSR count). The summed E-state index contributed by atoms with van der Waals surface area (Å²) >= 11 is 0. The Hall–Kier alpha value is -4.00. The van der Waals surface area contributed by atoms with Gasteiger partial charge in [-0.1, -0.05) is 20.8 Å². The topological polar surface area (TPSA) is 97.5 Å². The van der Waals surface area contributed by atoms with E-state index in [1.807, 2.05) is 37.4 Å². The number of rotatable bonds is 6. The fourth-order valence-electron chi connectivity index (χ4n) is 4.75. The first kappa shape index (κ1) is 23.7. The predicted molar refractivity (Wildman–Crippen MR) is 141 cm³/mol. The summed E-state index contributed by atoms with van der Waals surface area (Å²) in [6.45, 7) is 8.70. The van der Waals surface area contributed by atoms with E-state index in [1.54, 1.807) is 19.4 Å². The Kier molecular flexibility index (Phi) is 5.86. The molecule has 0 unspecified atom stereocenters. The van der Waals surface area contributed by atoms with E-state index >= 15 is 0 Å². The van der Waals surface area contributed by atoms with Crippen LogP contribution in [0.15, 0.2) is 56.4 Å². The average Bonchev–Trinajstić information content (AvgIpc) is 3.44. The second-order valence-electron chi connectivity index (χ2n) is 10.2. The summed E-state index contributed by atoms with van der Waals surface area (Å²) < 4.78 is 16.7. The van der Waals surface area contributed by atoms with Gasteiger partial charge in [0.15, 0.2) is 0 Å². The summed E-state index contributed by atoms with van der Waals surface area (Å²) in [6, 6.07) is 9.62. The van der Waals surface area contributed by atoms with Crippen LogP contribution in [0.25, 0.3) is 32.8 Å². The predicted octanol–water partition coefficient (Wildman–Crippen LogP) is 5.54. The highest BCUT2D eigenvalue weighted by molar-refractivity contribution is 5.97. The number of aromatic amines is 1. The Morgan fingerprint density at radius 2 is 1.89 bits per heavy atom. The number of benzene rings is 2. The fraction of sp³-hybridized carbons (Fsp3) is 0.310. The number of carbonyl (C=O) groups is 1. The van der Waals surface area contributed by atoms with Crippen molar-refractivity contribution in [2.75, 3.05) is 13.7 Å². The molecule has 2 aromatic carbocycles. The summed E-state index contributed by atoms with van der Waals surface area (Å²) in [5, 5.41) is 5.80. The summed E-state index contributed by atoms with van der Waals surface area (Å²) in [5.74, 6) is 0.565. The number of aromatic nitrogens is 1. The maximum atomic E-state index is 12.8. The van der Waals surface area contributed by atoms with Crippen LogP contribution in [0, 0.1) is 6.92 Å². The Balaban J connectivity index is 1.35. The molecule has 0 saturated carbocycles. The number of furan rings is 1. The highest BCUT2D eigenvalue weighted by Crippen LogP contribution is 2.35. The van der Waals surface area contributed by atoms with Crippen molar-refractivity contribution in [3.05, 3.63) is 75.5 Å². The highest BCUT2D eigenvalue weighted by atomic mass is 16.5. The lowest BCUT2D eigenvalue weighted by Crippen LogP contribution is -2.29. The van der Waals surface area contributed by atoms with E-state index in [0.29, 0.717) is 29.7 Å². The number of methoxy groups -OCH3 is 1. The van der Waals surface area contributed by atoms with Crippen LogP contribution in [-0.4, -0.2) is 24.5 Å². The van der Waals surface area contributed by atoms with Crippen LogP contribution in [-0.2, 0) is 23.1 Å². The van der Waals surface area contributed by atoms with Gasteiger partial charge in [0.05, 0.1) is 25.4 Å². The summed E-state index contributed by atoms with van der Waals surface area (Å²) in [7, 11) is 1.64. The number of nitrogens with one attached hydrogen (secondary N) is 2. The molecule has 0 fully saturated rings. The van der Waals surface area contributed by atoms with E-state index in [1.165, 1.54) is 0 Å². The van der Waals surface area contributed by atoms with E-state index in [0.717, 1.165) is 44.1 Å². The number of carbonyl (C=O) groups excluding carboxylic acids is 1. The molecule has 0 radical (unpaired) electrons. The molecule has 0 aliphatic carbocycles. The zero-order valence-electron chi connectivity index (χ0n) is 21.2. The Morgan fingerprint density at radius 1 is 1.08 bits per heavy atom. The van der Waals surface area contributed by atoms with Crippen molar-refractivity contribution in [1.82, 2.24) is 10.3 Å². The van der Waals surface area contributed by atoms with Gasteiger partial charge in [0.25, 0.3) is 0 Å². The van der Waals surface area contributed by atoms with Crippen LogP contribution in [0.3, 0.4) is 0 Å². The van der Waals surface area contributed by atoms with E-state index in [-0.39, 0.29) is 17.7 Å². The first-order valence-corrected chi connectivity index (χ1v) is 12.0. The fourth-order valence-corrected chi connectivity index (χ4v) is 4.75. The minimum Gasteiger partial charge on any atom is -0.497 e. The van der Waals surface area contributed by atoms with Crippen LogP contribution >= 0.6 is 0 Å². The van der Waals surface area contributed by atoms with Crippen LogP contribution in [0.1, 0.15) is 43.0 Å². The van der Waals surface area contributed by atoms with Gasteiger partial charge in [0, 0.05) is 46.0 Å². The maximum Gasteiger partial charge on any atom is 0.340 e. The third-order valence-corrected chi connectivity index (χ3v) is 6.82. The second-order valence-corrected chi connectivity index (χ2v) is 10.2. The van der Waals surface area contributed by atoms with Gasteiger partial charge < -0.3 is 23.9 Å². The van der Waals surface area contributed by atoms with Crippen molar-refractivity contribution < 1.29 is 18.4 Å². The molecule has 0 atom stereocenters. The molecule has 7 nitrogen and oxygen atoms in total. The van der Waals surface area contributed by atoms with Crippen molar-refractivity contribution in [3.8, 4) is 5.75 Å². The minimum atomic E-state index is -0.499. The highest BCUT2D eigenvalue weighted by Gasteiger charge is 2.22. The second kappa shape index (κ2) is 8.90. The van der Waals surface area contributed by atoms with Crippen LogP contribution < -0.4 is 15.7 Å². The quantitative estimate of drug-likeness (QED) is 0.307. The number of aryl methyl sites for hydroxylation is 1. The molecule has 3 aromatic heterocycles. The first-order chi connectivity index (χ1) is 17.2. The van der Waals surface area contributed by atoms with Gasteiger partial charge in [-0.25, -0.2) is 4.79 Å². The van der Waals surface area contributed by atoms with Crippen molar-refractivity contribution >= 4 is 38.7 Å². The lowest BCUT2D eigenvalue weighted by Gasteiger charge is -2.16. The van der Waals surface area contributed by atoms with E-state index < -0.39 is 5.63 Å². The van der Waals surface area contributed by atoms with Crippen molar-refractivity contribution in [2.24, 2.45) is 0 Å². The van der Waals surface area contributed by atoms with Gasteiger partial charge in [-0.3, -0.25) is 4.79 Å². The standard InChI is InChI=1S/C29H30N2O5/c1-16-19-11-22-23(29(2,3)4)15-35-25(22)13-26(19)36-28(33)20(16)12-27(32)30-9-8-17-14-31-24-7-6-18(34-5)10-21(17)24/h6-7,10-11,13-15,31H,8-9,12H2,1-5H3,(H,30,32). The molecule has 1 amide bonds. The summed E-state index contributed by atoms with van der Waals surface area (Å²) in [6.07, 6.45) is 4.32. The maximum absolute atomic E-state index is 12.8. The number of H-pyrrole nitrogens is 1. The lowest BCUT2D eigenvalue weighted by atomic mass is 9.86. The zero-order chi connectivity index (χ0) is 25.6. The smallest absolute Gasteiger partial charge is 0.340 e. The molecule has 0 aliphatic rings. The normalized spacial score (nSPS) is 12.0. The number of hydrogen-bond acceptors (Lipinski definition) is 5. The first-order valence-electron chi connectivity index (χ1n) is 12.0. The van der Waals surface area contributed by atoms with Gasteiger partial charge in [0.1, 0.15) is 16.9 Å². The van der Waals surface area contributed by atoms with Crippen molar-refractivity contribution in [1.29, 1.82) is 0 Å². The van der Waals surface area contributed by atoms with Gasteiger partial charge in [-0.2, -0.15) is 0 Å². The molecular weight excluding hydrogens is 456 g/mol. The zero-order valence-corrected chi connectivity index (χ0v) is 21.2. The van der Waals surface area contributed by atoms with Crippen LogP contribution in [0.2, 0.25) is 0 Å². The monoisotopic (exact) mass is 486 g/mol. The largest absolute Gasteiger partial charge is 0.497 e. The van der Waals surface area contributed by atoms with Gasteiger partial charge in [-0.05, 0) is 54.2 Å². The molecule has 0 saturated heterocycles. The molecule has 3 heterocycles. The third-order valence-electron chi connectivity index (χ3n) is 6.82. The molecule has 0 spiro atoms. The molecule has 186 valence electrons. The summed E-state index contributed by atoms with van der Waals surface area (Å²) in [5.41, 5.74) is 4.85. The van der Waals surface area contributed by atoms with E-state index in [2.05, 4.69) is 31.1 Å². The van der Waals surface area contributed by atoms with Crippen molar-refractivity contribution in [2.45, 2.75) is 46.0 Å². The number of fused-ring (bicyclic) bond motifs is 3. The Morgan fingerprint density at radius 3 is 2.64 bits per heavy atom. The molecule has 7 heteroatoms. The molecular formula is C29H30N2O5. The van der Waals surface area contributed by atoms with E-state index in [4.69, 9.17) is 13.6 Å². The molecule has 36 heavy (non-hydrogen) atoms. The van der Waals surface area contributed by atoms with E-state index in [9.17, 15) is 9.59 Å². The summed E-state index contributed by atoms with van der Waals surface area (Å²) in [4.78, 5) is 28.8.